The highest BCUT2D eigenvalue weighted by Gasteiger charge is 1.86. The Bertz CT molecular complexity index is 154. The maximum Gasteiger partial charge on any atom is 0.0702 e. The van der Waals surface area contributed by atoms with E-state index in [1.54, 1.807) is 23.0 Å². The summed E-state index contributed by atoms with van der Waals surface area (Å²) in [4.78, 5) is 0. The Labute approximate surface area is 71.7 Å². The molecule has 1 rings (SSSR count). The largest absolute Gasteiger partial charge is 0.250 e. The van der Waals surface area contributed by atoms with E-state index in [4.69, 9.17) is 0 Å². The summed E-state index contributed by atoms with van der Waals surface area (Å²) in [7, 11) is -0.784. The van der Waals surface area contributed by atoms with E-state index in [0.717, 1.165) is 5.92 Å². The molecule has 0 unspecified atom stereocenters. The standard InChI is InChI=1S/C5H12.C4H4OS/c1-4-5(2)3;5-6-3-1-2-4-6/h5H,4H2,1-3H3;1-4H. The van der Waals surface area contributed by atoms with Gasteiger partial charge in [0.15, 0.2) is 0 Å². The number of hydrogen-bond acceptors (Lipinski definition) is 1. The molecule has 2 heteroatoms. The first-order valence-electron chi connectivity index (χ1n) is 3.91. The minimum Gasteiger partial charge on any atom is -0.250 e. The third kappa shape index (κ3) is 7.53. The molecular weight excluding hydrogens is 156 g/mol. The van der Waals surface area contributed by atoms with Crippen LogP contribution < -0.4 is 0 Å². The van der Waals surface area contributed by atoms with Crippen LogP contribution in [0, 0.1) is 5.92 Å². The summed E-state index contributed by atoms with van der Waals surface area (Å²) in [5.74, 6) is 0.884. The zero-order chi connectivity index (χ0) is 8.69. The van der Waals surface area contributed by atoms with Crippen LogP contribution in [0.2, 0.25) is 0 Å². The second-order valence-corrected chi connectivity index (χ2v) is 3.99. The fourth-order valence-corrected chi connectivity index (χ4v) is 0.873. The second-order valence-electron chi connectivity index (χ2n) is 2.79. The molecule has 1 nitrogen and oxygen atoms in total. The van der Waals surface area contributed by atoms with Crippen LogP contribution in [0.4, 0.5) is 0 Å². The first kappa shape index (κ1) is 10.6. The van der Waals surface area contributed by atoms with Crippen LogP contribution in [0.15, 0.2) is 23.0 Å². The monoisotopic (exact) mass is 172 g/mol. The summed E-state index contributed by atoms with van der Waals surface area (Å²) >= 11 is 0. The van der Waals surface area contributed by atoms with Crippen molar-refractivity contribution in [3.63, 3.8) is 0 Å². The molecular formula is C9H16OS. The molecule has 0 aliphatic carbocycles. The van der Waals surface area contributed by atoms with Crippen molar-refractivity contribution in [2.75, 3.05) is 0 Å². The first-order chi connectivity index (χ1) is 5.16. The lowest BCUT2D eigenvalue weighted by Crippen LogP contribution is -1.77. The van der Waals surface area contributed by atoms with Crippen molar-refractivity contribution in [3.8, 4) is 0 Å². The SMILES string of the molecule is CCC(C)C.O=S1C=CC=C1. The van der Waals surface area contributed by atoms with Gasteiger partial charge in [-0.1, -0.05) is 39.3 Å². The van der Waals surface area contributed by atoms with Crippen LogP contribution >= 0.6 is 0 Å². The molecule has 1 aliphatic heterocycles. The number of allylic oxidation sites excluding steroid dienone is 2. The molecule has 0 saturated carbocycles. The lowest BCUT2D eigenvalue weighted by atomic mass is 10.2. The highest BCUT2D eigenvalue weighted by Crippen LogP contribution is 1.95. The summed E-state index contributed by atoms with van der Waals surface area (Å²) < 4.78 is 10.2. The van der Waals surface area contributed by atoms with Gasteiger partial charge in [0.2, 0.25) is 0 Å². The average Bonchev–Trinajstić information content (AvgIpc) is 2.41. The lowest BCUT2D eigenvalue weighted by molar-refractivity contribution is 0.626. The van der Waals surface area contributed by atoms with Gasteiger partial charge in [-0.3, -0.25) is 4.21 Å². The van der Waals surface area contributed by atoms with Gasteiger partial charge in [0.1, 0.15) is 0 Å². The van der Waals surface area contributed by atoms with Crippen molar-refractivity contribution in [1.82, 2.24) is 0 Å². The van der Waals surface area contributed by atoms with Gasteiger partial charge in [-0.25, -0.2) is 0 Å². The molecule has 0 aromatic carbocycles. The van der Waals surface area contributed by atoms with E-state index < -0.39 is 10.8 Å². The molecule has 0 amide bonds. The molecule has 0 N–H and O–H groups in total. The molecule has 0 atom stereocenters. The quantitative estimate of drug-likeness (QED) is 0.594. The van der Waals surface area contributed by atoms with Gasteiger partial charge in [0.05, 0.1) is 10.8 Å². The van der Waals surface area contributed by atoms with Crippen molar-refractivity contribution in [3.05, 3.63) is 23.0 Å². The van der Waals surface area contributed by atoms with Gasteiger partial charge >= 0.3 is 0 Å². The summed E-state index contributed by atoms with van der Waals surface area (Å²) in [5, 5.41) is 3.28. The minimum atomic E-state index is -0.784. The van der Waals surface area contributed by atoms with Gasteiger partial charge in [0.25, 0.3) is 0 Å². The van der Waals surface area contributed by atoms with E-state index >= 15 is 0 Å². The highest BCUT2D eigenvalue weighted by molar-refractivity contribution is 7.91. The Hall–Kier alpha value is -0.370. The molecule has 0 fully saturated rings. The third-order valence-corrected chi connectivity index (χ3v) is 2.20. The van der Waals surface area contributed by atoms with Crippen molar-refractivity contribution in [1.29, 1.82) is 0 Å². The van der Waals surface area contributed by atoms with Gasteiger partial charge in [0, 0.05) is 10.8 Å². The fourth-order valence-electron chi connectivity index (χ4n) is 0.291. The van der Waals surface area contributed by atoms with Gasteiger partial charge in [-0.05, 0) is 5.92 Å². The normalized spacial score (nSPS) is 15.3. The van der Waals surface area contributed by atoms with E-state index in [-0.39, 0.29) is 0 Å². The smallest absolute Gasteiger partial charge is 0.0702 e. The lowest BCUT2D eigenvalue weighted by Gasteiger charge is -1.90. The third-order valence-electron chi connectivity index (χ3n) is 1.35. The molecule has 0 aromatic heterocycles. The first-order valence-corrected chi connectivity index (χ1v) is 5.18. The Kier molecular flexibility index (Phi) is 6.13. The number of rotatable bonds is 1. The van der Waals surface area contributed by atoms with E-state index in [2.05, 4.69) is 20.8 Å². The topological polar surface area (TPSA) is 17.1 Å². The van der Waals surface area contributed by atoms with E-state index in [9.17, 15) is 4.21 Å². The van der Waals surface area contributed by atoms with Crippen LogP contribution in [0.5, 0.6) is 0 Å². The minimum absolute atomic E-state index is 0.784. The number of hydrogen-bond donors (Lipinski definition) is 0. The van der Waals surface area contributed by atoms with Crippen LogP contribution in [0.25, 0.3) is 0 Å². The van der Waals surface area contributed by atoms with Gasteiger partial charge in [-0.2, -0.15) is 0 Å². The maximum absolute atomic E-state index is 10.2. The Morgan fingerprint density at radius 1 is 1.27 bits per heavy atom. The van der Waals surface area contributed by atoms with Crippen LogP contribution in [0.1, 0.15) is 27.2 Å². The predicted octanol–water partition coefficient (Wildman–Crippen LogP) is 2.83. The summed E-state index contributed by atoms with van der Waals surface area (Å²) in [6, 6.07) is 0. The molecule has 11 heavy (non-hydrogen) atoms. The van der Waals surface area contributed by atoms with Crippen molar-refractivity contribution in [2.24, 2.45) is 5.92 Å². The second kappa shape index (κ2) is 6.35. The molecule has 1 aliphatic rings. The highest BCUT2D eigenvalue weighted by atomic mass is 32.2. The van der Waals surface area contributed by atoms with Crippen LogP contribution in [-0.4, -0.2) is 4.21 Å². The molecule has 1 heterocycles. The molecule has 0 saturated heterocycles. The van der Waals surface area contributed by atoms with E-state index in [1.165, 1.54) is 6.42 Å². The molecule has 0 bridgehead atoms. The van der Waals surface area contributed by atoms with Crippen LogP contribution in [-0.2, 0) is 10.8 Å². The van der Waals surface area contributed by atoms with Crippen molar-refractivity contribution in [2.45, 2.75) is 27.2 Å². The Morgan fingerprint density at radius 3 is 1.73 bits per heavy atom. The fraction of sp³-hybridized carbons (Fsp3) is 0.556. The average molecular weight is 172 g/mol. The molecule has 0 spiro atoms. The Balaban J connectivity index is 0.000000187. The van der Waals surface area contributed by atoms with Crippen molar-refractivity contribution < 1.29 is 4.21 Å². The molecule has 0 radical (unpaired) electrons. The Morgan fingerprint density at radius 2 is 1.64 bits per heavy atom. The molecule has 64 valence electrons. The van der Waals surface area contributed by atoms with Gasteiger partial charge < -0.3 is 0 Å². The van der Waals surface area contributed by atoms with Crippen molar-refractivity contribution >= 4 is 10.8 Å². The maximum atomic E-state index is 10.2. The van der Waals surface area contributed by atoms with Crippen LogP contribution in [0.3, 0.4) is 0 Å². The summed E-state index contributed by atoms with van der Waals surface area (Å²) in [6.07, 6.45) is 4.85. The van der Waals surface area contributed by atoms with Gasteiger partial charge in [-0.15, -0.1) is 0 Å². The summed E-state index contributed by atoms with van der Waals surface area (Å²) in [6.45, 7) is 6.64. The zero-order valence-corrected chi connectivity index (χ0v) is 8.23. The van der Waals surface area contributed by atoms with E-state index in [1.807, 2.05) is 0 Å². The predicted molar refractivity (Wildman–Crippen MR) is 51.6 cm³/mol. The molecule has 0 aromatic rings. The zero-order valence-electron chi connectivity index (χ0n) is 7.41. The van der Waals surface area contributed by atoms with E-state index in [0.29, 0.717) is 0 Å². The summed E-state index contributed by atoms with van der Waals surface area (Å²) in [5.41, 5.74) is 0.